The zero-order valence-corrected chi connectivity index (χ0v) is 17.0. The number of rotatable bonds is 4. The van der Waals surface area contributed by atoms with E-state index in [2.05, 4.69) is 20.4 Å². The molecule has 1 aromatic heterocycles. The number of hydrogen-bond donors (Lipinski definition) is 1. The van der Waals surface area contributed by atoms with Crippen LogP contribution in [0.2, 0.25) is 0 Å². The van der Waals surface area contributed by atoms with Gasteiger partial charge in [-0.3, -0.25) is 0 Å². The standard InChI is InChI=1S/C15H17F3N6O2S2/c1-7-8(2)23(4)12-6-13(24(28(25)26)15(16,17)18)11(5-10(7)12)20-22-14-21-19-9(3)27-14/h5-8,28H,1-4H3. The largest absolute Gasteiger partial charge is 0.498 e. The van der Waals surface area contributed by atoms with Crippen LogP contribution in [0.1, 0.15) is 30.3 Å². The van der Waals surface area contributed by atoms with E-state index in [4.69, 9.17) is 0 Å². The van der Waals surface area contributed by atoms with Crippen LogP contribution in [0.25, 0.3) is 0 Å². The molecule has 8 nitrogen and oxygen atoms in total. The van der Waals surface area contributed by atoms with Crippen LogP contribution in [0.5, 0.6) is 0 Å². The molecule has 0 bridgehead atoms. The number of alkyl halides is 3. The van der Waals surface area contributed by atoms with Gasteiger partial charge in [0.05, 0.1) is 5.69 Å². The molecular formula is C15H17F3N6O2S2. The molecule has 2 unspecified atom stereocenters. The number of likely N-dealkylation sites (N-methyl/N-ethyl adjacent to an activating group) is 1. The number of fused-ring (bicyclic) bond motifs is 1. The molecule has 3 rings (SSSR count). The highest BCUT2D eigenvalue weighted by atomic mass is 32.2. The first-order chi connectivity index (χ1) is 13.0. The van der Waals surface area contributed by atoms with Crippen molar-refractivity contribution in [2.75, 3.05) is 16.3 Å². The number of nitrogens with zero attached hydrogens (tertiary/aromatic N) is 6. The van der Waals surface area contributed by atoms with Crippen molar-refractivity contribution in [2.45, 2.75) is 39.0 Å². The SMILES string of the molecule is Cc1nnc(N=Nc2cc3c(cc2N([SH](=O)=O)C(F)(F)F)N(C)C(C)C3C)s1. The Hall–Kier alpha value is -2.28. The number of thiol groups is 1. The van der Waals surface area contributed by atoms with Crippen LogP contribution in [-0.2, 0) is 10.9 Å². The summed E-state index contributed by atoms with van der Waals surface area (Å²) in [5.74, 6) is 0.0205. The van der Waals surface area contributed by atoms with E-state index in [-0.39, 0.29) is 22.8 Å². The van der Waals surface area contributed by atoms with Gasteiger partial charge in [0, 0.05) is 24.7 Å². The summed E-state index contributed by atoms with van der Waals surface area (Å²) >= 11 is 1.11. The van der Waals surface area contributed by atoms with Crippen LogP contribution in [0.15, 0.2) is 22.4 Å². The molecule has 0 fully saturated rings. The maximum atomic E-state index is 13.4. The van der Waals surface area contributed by atoms with Crippen LogP contribution in [0.3, 0.4) is 0 Å². The topological polar surface area (TPSA) is 91.1 Å². The fourth-order valence-electron chi connectivity index (χ4n) is 3.06. The Balaban J connectivity index is 2.20. The number of hydrogen-bond acceptors (Lipinski definition) is 8. The molecule has 28 heavy (non-hydrogen) atoms. The minimum atomic E-state index is -5.14. The molecule has 0 saturated carbocycles. The average molecular weight is 434 g/mol. The van der Waals surface area contributed by atoms with Gasteiger partial charge in [0.15, 0.2) is 0 Å². The molecule has 2 heterocycles. The molecule has 2 aromatic rings. The maximum Gasteiger partial charge on any atom is 0.498 e. The number of aryl methyl sites for hydroxylation is 1. The first kappa shape index (κ1) is 20.5. The van der Waals surface area contributed by atoms with Crippen LogP contribution in [-0.4, -0.2) is 38.0 Å². The van der Waals surface area contributed by atoms with Gasteiger partial charge in [-0.25, -0.2) is 8.42 Å². The molecular weight excluding hydrogens is 417 g/mol. The van der Waals surface area contributed by atoms with Crippen molar-refractivity contribution in [1.82, 2.24) is 10.2 Å². The zero-order chi connectivity index (χ0) is 20.8. The van der Waals surface area contributed by atoms with E-state index in [1.807, 2.05) is 18.7 Å². The van der Waals surface area contributed by atoms with Gasteiger partial charge in [0.25, 0.3) is 5.13 Å². The van der Waals surface area contributed by atoms with Crippen molar-refractivity contribution in [3.8, 4) is 0 Å². The summed E-state index contributed by atoms with van der Waals surface area (Å²) in [7, 11) is -2.24. The molecule has 1 aliphatic rings. The molecule has 0 amide bonds. The highest BCUT2D eigenvalue weighted by Crippen LogP contribution is 2.47. The monoisotopic (exact) mass is 434 g/mol. The van der Waals surface area contributed by atoms with Crippen molar-refractivity contribution in [2.24, 2.45) is 10.2 Å². The number of benzene rings is 1. The first-order valence-electron chi connectivity index (χ1n) is 8.14. The molecule has 0 spiro atoms. The molecule has 0 radical (unpaired) electrons. The minimum absolute atomic E-state index is 0.0205. The van der Waals surface area contributed by atoms with Gasteiger partial charge < -0.3 is 4.90 Å². The Kier molecular flexibility index (Phi) is 5.32. The Bertz CT molecular complexity index is 996. The Morgan fingerprint density at radius 2 is 1.89 bits per heavy atom. The third kappa shape index (κ3) is 3.68. The lowest BCUT2D eigenvalue weighted by atomic mass is 9.97. The van der Waals surface area contributed by atoms with Gasteiger partial charge in [-0.05, 0) is 31.5 Å². The Morgan fingerprint density at radius 1 is 1.21 bits per heavy atom. The van der Waals surface area contributed by atoms with E-state index in [9.17, 15) is 21.6 Å². The van der Waals surface area contributed by atoms with Crippen molar-refractivity contribution < 1.29 is 21.6 Å². The molecule has 1 aromatic carbocycles. The van der Waals surface area contributed by atoms with Gasteiger partial charge in [-0.1, -0.05) is 18.3 Å². The fourth-order valence-corrected chi connectivity index (χ4v) is 4.09. The smallest absolute Gasteiger partial charge is 0.371 e. The number of aromatic nitrogens is 2. The normalized spacial score (nSPS) is 19.6. The molecule has 2 atom stereocenters. The van der Waals surface area contributed by atoms with E-state index in [1.54, 1.807) is 14.0 Å². The summed E-state index contributed by atoms with van der Waals surface area (Å²) < 4.78 is 62.6. The summed E-state index contributed by atoms with van der Waals surface area (Å²) in [5.41, 5.74) is 0.467. The minimum Gasteiger partial charge on any atom is -0.371 e. The zero-order valence-electron chi connectivity index (χ0n) is 15.3. The van der Waals surface area contributed by atoms with Gasteiger partial charge >= 0.3 is 6.30 Å². The lowest BCUT2D eigenvalue weighted by Crippen LogP contribution is -2.36. The van der Waals surface area contributed by atoms with E-state index in [0.29, 0.717) is 10.7 Å². The molecule has 13 heteroatoms. The predicted octanol–water partition coefficient (Wildman–Crippen LogP) is 4.06. The van der Waals surface area contributed by atoms with Gasteiger partial charge in [0.2, 0.25) is 10.9 Å². The van der Waals surface area contributed by atoms with Gasteiger partial charge in [-0.2, -0.15) is 4.31 Å². The molecule has 0 N–H and O–H groups in total. The highest BCUT2D eigenvalue weighted by Gasteiger charge is 2.43. The fraction of sp³-hybridized carbons (Fsp3) is 0.467. The van der Waals surface area contributed by atoms with Crippen molar-refractivity contribution in [3.63, 3.8) is 0 Å². The summed E-state index contributed by atoms with van der Waals surface area (Å²) in [5, 5.41) is 16.0. The second kappa shape index (κ2) is 7.28. The molecule has 1 aliphatic heterocycles. The van der Waals surface area contributed by atoms with Gasteiger partial charge in [-0.15, -0.1) is 33.6 Å². The summed E-state index contributed by atoms with van der Waals surface area (Å²) in [4.78, 5) is 1.81. The summed E-state index contributed by atoms with van der Waals surface area (Å²) in [6.45, 7) is 5.58. The average Bonchev–Trinajstić information content (AvgIpc) is 3.09. The first-order valence-corrected chi connectivity index (χ1v) is 10.1. The van der Waals surface area contributed by atoms with E-state index < -0.39 is 27.2 Å². The molecule has 0 aliphatic carbocycles. The van der Waals surface area contributed by atoms with Crippen LogP contribution < -0.4 is 9.21 Å². The lowest BCUT2D eigenvalue weighted by molar-refractivity contribution is -0.115. The summed E-state index contributed by atoms with van der Waals surface area (Å²) in [6.07, 6.45) is -5.14. The second-order valence-electron chi connectivity index (χ2n) is 6.36. The second-order valence-corrected chi connectivity index (χ2v) is 8.40. The van der Waals surface area contributed by atoms with Crippen molar-refractivity contribution in [1.29, 1.82) is 0 Å². The Labute approximate surface area is 164 Å². The summed E-state index contributed by atoms with van der Waals surface area (Å²) in [6, 6.07) is 2.67. The number of anilines is 2. The Morgan fingerprint density at radius 3 is 2.43 bits per heavy atom. The molecule has 0 saturated heterocycles. The van der Waals surface area contributed by atoms with Crippen molar-refractivity contribution >= 4 is 44.4 Å². The van der Waals surface area contributed by atoms with Crippen molar-refractivity contribution in [3.05, 3.63) is 22.7 Å². The predicted molar refractivity (Wildman–Crippen MR) is 100 cm³/mol. The quantitative estimate of drug-likeness (QED) is 0.445. The van der Waals surface area contributed by atoms with E-state index >= 15 is 0 Å². The van der Waals surface area contributed by atoms with Crippen LogP contribution in [0, 0.1) is 6.92 Å². The maximum absolute atomic E-state index is 13.4. The van der Waals surface area contributed by atoms with E-state index in [0.717, 1.165) is 16.9 Å². The lowest BCUT2D eigenvalue weighted by Gasteiger charge is -2.24. The van der Waals surface area contributed by atoms with Crippen LogP contribution in [0.4, 0.5) is 35.4 Å². The number of azo groups is 1. The van der Waals surface area contributed by atoms with Crippen LogP contribution >= 0.6 is 11.3 Å². The highest BCUT2D eigenvalue weighted by molar-refractivity contribution is 7.74. The van der Waals surface area contributed by atoms with Gasteiger partial charge in [0.1, 0.15) is 10.7 Å². The number of halogens is 3. The third-order valence-corrected chi connectivity index (χ3v) is 6.21. The van der Waals surface area contributed by atoms with E-state index in [1.165, 1.54) is 12.1 Å². The third-order valence-electron chi connectivity index (χ3n) is 4.72. The molecule has 152 valence electrons.